The highest BCUT2D eigenvalue weighted by Crippen LogP contribution is 2.30. The van der Waals surface area contributed by atoms with E-state index in [1.807, 2.05) is 54.6 Å². The molecule has 4 aromatic rings. The van der Waals surface area contributed by atoms with Gasteiger partial charge in [0, 0.05) is 10.6 Å². The number of carbonyl (C=O) groups is 1. The Morgan fingerprint density at radius 3 is 2.44 bits per heavy atom. The minimum Gasteiger partial charge on any atom is -0.324 e. The molecule has 0 bridgehead atoms. The fourth-order valence-electron chi connectivity index (χ4n) is 2.74. The second kappa shape index (κ2) is 7.13. The molecule has 0 unspecified atom stereocenters. The van der Waals surface area contributed by atoms with Crippen LogP contribution in [0.2, 0.25) is 0 Å². The maximum absolute atomic E-state index is 12.9. The van der Waals surface area contributed by atoms with Crippen molar-refractivity contribution in [2.75, 3.05) is 5.32 Å². The van der Waals surface area contributed by atoms with Crippen molar-refractivity contribution < 1.29 is 4.79 Å². The molecule has 2 heterocycles. The molecule has 0 spiro atoms. The van der Waals surface area contributed by atoms with Crippen LogP contribution in [-0.4, -0.2) is 20.9 Å². The fourth-order valence-corrected chi connectivity index (χ4v) is 3.71. The van der Waals surface area contributed by atoms with Gasteiger partial charge in [-0.3, -0.25) is 9.59 Å². The number of amides is 1. The van der Waals surface area contributed by atoms with E-state index in [2.05, 4.69) is 15.6 Å². The van der Waals surface area contributed by atoms with Crippen LogP contribution in [0.4, 0.5) is 5.69 Å². The van der Waals surface area contributed by atoms with Gasteiger partial charge in [0.15, 0.2) is 4.83 Å². The number of fused-ring (bicyclic) bond motifs is 1. The lowest BCUT2D eigenvalue weighted by Gasteiger charge is -2.13. The van der Waals surface area contributed by atoms with Crippen LogP contribution in [0.25, 0.3) is 20.7 Å². The van der Waals surface area contributed by atoms with Crippen LogP contribution in [0.1, 0.15) is 13.0 Å². The van der Waals surface area contributed by atoms with Crippen LogP contribution in [0.3, 0.4) is 0 Å². The first-order valence-electron chi connectivity index (χ1n) is 8.44. The third-order valence-electron chi connectivity index (χ3n) is 4.23. The van der Waals surface area contributed by atoms with Gasteiger partial charge in [0.1, 0.15) is 6.04 Å². The van der Waals surface area contributed by atoms with Gasteiger partial charge in [-0.15, -0.1) is 16.4 Å². The van der Waals surface area contributed by atoms with Gasteiger partial charge in [-0.25, -0.2) is 0 Å². The molecule has 4 rings (SSSR count). The first kappa shape index (κ1) is 17.1. The number of aromatic nitrogens is 3. The molecule has 0 saturated carbocycles. The van der Waals surface area contributed by atoms with Gasteiger partial charge in [0.05, 0.1) is 5.39 Å². The molecule has 0 aliphatic heterocycles. The van der Waals surface area contributed by atoms with Crippen LogP contribution in [0.5, 0.6) is 0 Å². The van der Waals surface area contributed by atoms with Crippen LogP contribution in [-0.2, 0) is 4.79 Å². The number of benzene rings is 2. The van der Waals surface area contributed by atoms with Gasteiger partial charge < -0.3 is 5.32 Å². The Balaban J connectivity index is 1.67. The fraction of sp³-hybridized carbons (Fsp3) is 0.100. The highest BCUT2D eigenvalue weighted by molar-refractivity contribution is 7.21. The number of nitrogens with zero attached hydrogens (tertiary/aromatic N) is 3. The standard InChI is InChI=1S/C20H16N4O2S/c1-13(18(25)21-15-10-6-3-7-11-15)24-20(26)16-12-17(27-19(16)22-23-24)14-8-4-2-5-9-14/h2-13H,1H3,(H,21,25)/t13-/m0/s1. The van der Waals surface area contributed by atoms with E-state index >= 15 is 0 Å². The topological polar surface area (TPSA) is 76.9 Å². The van der Waals surface area contributed by atoms with Gasteiger partial charge >= 0.3 is 0 Å². The van der Waals surface area contributed by atoms with Crippen molar-refractivity contribution in [2.24, 2.45) is 0 Å². The van der Waals surface area contributed by atoms with Crippen molar-refractivity contribution in [1.29, 1.82) is 0 Å². The summed E-state index contributed by atoms with van der Waals surface area (Å²) in [5.74, 6) is -0.324. The Hall–Kier alpha value is -3.32. The van der Waals surface area contributed by atoms with Crippen LogP contribution < -0.4 is 10.9 Å². The number of nitrogens with one attached hydrogen (secondary N) is 1. The molecular weight excluding hydrogens is 360 g/mol. The summed E-state index contributed by atoms with van der Waals surface area (Å²) >= 11 is 1.41. The van der Waals surface area contributed by atoms with Crippen molar-refractivity contribution in [2.45, 2.75) is 13.0 Å². The molecule has 0 saturated heterocycles. The molecule has 2 aromatic carbocycles. The van der Waals surface area contributed by atoms with E-state index in [1.165, 1.54) is 11.3 Å². The summed E-state index contributed by atoms with van der Waals surface area (Å²) < 4.78 is 1.13. The minimum atomic E-state index is -0.783. The predicted molar refractivity (Wildman–Crippen MR) is 107 cm³/mol. The number of thiophene rings is 1. The molecule has 1 amide bonds. The monoisotopic (exact) mass is 376 g/mol. The summed E-state index contributed by atoms with van der Waals surface area (Å²) in [6, 6.07) is 19.9. The molecule has 7 heteroatoms. The van der Waals surface area contributed by atoms with Crippen molar-refractivity contribution >= 4 is 33.1 Å². The summed E-state index contributed by atoms with van der Waals surface area (Å²) in [6.07, 6.45) is 0. The normalized spacial score (nSPS) is 12.0. The van der Waals surface area contributed by atoms with E-state index < -0.39 is 6.04 Å². The molecule has 134 valence electrons. The molecule has 6 nitrogen and oxygen atoms in total. The highest BCUT2D eigenvalue weighted by Gasteiger charge is 2.20. The number of hydrogen-bond acceptors (Lipinski definition) is 5. The second-order valence-electron chi connectivity index (χ2n) is 6.07. The maximum Gasteiger partial charge on any atom is 0.279 e. The van der Waals surface area contributed by atoms with Crippen LogP contribution in [0.15, 0.2) is 71.5 Å². The Kier molecular flexibility index (Phi) is 4.52. The van der Waals surface area contributed by atoms with Crippen LogP contribution in [0, 0.1) is 0 Å². The predicted octanol–water partition coefficient (Wildman–Crippen LogP) is 3.72. The zero-order valence-corrected chi connectivity index (χ0v) is 15.3. The molecular formula is C20H16N4O2S. The Bertz CT molecular complexity index is 1150. The second-order valence-corrected chi connectivity index (χ2v) is 7.10. The van der Waals surface area contributed by atoms with E-state index in [9.17, 15) is 9.59 Å². The summed E-state index contributed by atoms with van der Waals surface area (Å²) in [7, 11) is 0. The Morgan fingerprint density at radius 2 is 1.74 bits per heavy atom. The first-order chi connectivity index (χ1) is 13.1. The molecule has 0 aliphatic carbocycles. The van der Waals surface area contributed by atoms with E-state index in [4.69, 9.17) is 0 Å². The number of anilines is 1. The average molecular weight is 376 g/mol. The highest BCUT2D eigenvalue weighted by atomic mass is 32.1. The molecule has 27 heavy (non-hydrogen) atoms. The van der Waals surface area contributed by atoms with Crippen molar-refractivity contribution in [3.8, 4) is 10.4 Å². The third-order valence-corrected chi connectivity index (χ3v) is 5.30. The van der Waals surface area contributed by atoms with E-state index in [0.29, 0.717) is 15.9 Å². The zero-order valence-electron chi connectivity index (χ0n) is 14.5. The van der Waals surface area contributed by atoms with Crippen LogP contribution >= 0.6 is 11.3 Å². The number of hydrogen-bond donors (Lipinski definition) is 1. The smallest absolute Gasteiger partial charge is 0.279 e. The van der Waals surface area contributed by atoms with Gasteiger partial charge in [0.25, 0.3) is 5.56 Å². The Morgan fingerprint density at radius 1 is 1.07 bits per heavy atom. The molecule has 1 atom stereocenters. The Labute approximate surface area is 159 Å². The lowest BCUT2D eigenvalue weighted by molar-refractivity contribution is -0.119. The van der Waals surface area contributed by atoms with E-state index in [-0.39, 0.29) is 11.5 Å². The van der Waals surface area contributed by atoms with E-state index in [0.717, 1.165) is 15.1 Å². The lowest BCUT2D eigenvalue weighted by atomic mass is 10.2. The summed E-state index contributed by atoms with van der Waals surface area (Å²) in [6.45, 7) is 1.63. The van der Waals surface area contributed by atoms with Gasteiger partial charge in [-0.1, -0.05) is 53.7 Å². The lowest BCUT2D eigenvalue weighted by Crippen LogP contribution is -2.33. The third kappa shape index (κ3) is 3.37. The average Bonchev–Trinajstić information content (AvgIpc) is 3.14. The molecule has 1 N–H and O–H groups in total. The number of rotatable bonds is 4. The number of carbonyl (C=O) groups excluding carboxylic acids is 1. The van der Waals surface area contributed by atoms with Gasteiger partial charge in [-0.05, 0) is 30.7 Å². The molecule has 0 radical (unpaired) electrons. The largest absolute Gasteiger partial charge is 0.324 e. The van der Waals surface area contributed by atoms with Gasteiger partial charge in [0.2, 0.25) is 5.91 Å². The molecule has 0 fully saturated rings. The van der Waals surface area contributed by atoms with Gasteiger partial charge in [-0.2, -0.15) is 4.68 Å². The quantitative estimate of drug-likeness (QED) is 0.589. The maximum atomic E-state index is 12.9. The number of para-hydroxylation sites is 1. The zero-order chi connectivity index (χ0) is 18.8. The van der Waals surface area contributed by atoms with E-state index in [1.54, 1.807) is 19.1 Å². The summed E-state index contributed by atoms with van der Waals surface area (Å²) in [5, 5.41) is 11.4. The SMILES string of the molecule is C[C@@H](C(=O)Nc1ccccc1)n1nnc2sc(-c3ccccc3)cc2c1=O. The minimum absolute atomic E-state index is 0.324. The molecule has 0 aliphatic rings. The summed E-state index contributed by atoms with van der Waals surface area (Å²) in [5.41, 5.74) is 1.36. The van der Waals surface area contributed by atoms with Crippen molar-refractivity contribution in [1.82, 2.24) is 15.0 Å². The summed E-state index contributed by atoms with van der Waals surface area (Å²) in [4.78, 5) is 26.9. The van der Waals surface area contributed by atoms with Crippen molar-refractivity contribution in [3.05, 3.63) is 77.1 Å². The first-order valence-corrected chi connectivity index (χ1v) is 9.25. The molecule has 2 aromatic heterocycles. The van der Waals surface area contributed by atoms with Crippen molar-refractivity contribution in [3.63, 3.8) is 0 Å².